The van der Waals surface area contributed by atoms with Gasteiger partial charge in [0.1, 0.15) is 18.5 Å². The number of rotatable bonds is 6. The molecule has 1 saturated heterocycles. The van der Waals surface area contributed by atoms with Gasteiger partial charge < -0.3 is 14.8 Å². The average Bonchev–Trinajstić information content (AvgIpc) is 3.38. The molecule has 4 heteroatoms. The summed E-state index contributed by atoms with van der Waals surface area (Å²) in [4.78, 5) is 5.68. The van der Waals surface area contributed by atoms with Crippen LogP contribution in [0, 0.1) is 0 Å². The maximum Gasteiger partial charge on any atom is 0.128 e. The molecule has 4 aromatic rings. The number of aromatic amines is 1. The quantitative estimate of drug-likeness (QED) is 0.437. The van der Waals surface area contributed by atoms with Gasteiger partial charge in [-0.1, -0.05) is 48.5 Å². The topological polar surface area (TPSA) is 48.5 Å². The van der Waals surface area contributed by atoms with Crippen LogP contribution in [0.2, 0.25) is 0 Å². The Bertz CT molecular complexity index is 1290. The molecule has 6 rings (SSSR count). The Morgan fingerprint density at radius 1 is 1.00 bits per heavy atom. The minimum atomic E-state index is -0.511. The molecule has 4 nitrogen and oxygen atoms in total. The molecule has 2 bridgehead atoms. The molecule has 0 saturated carbocycles. The van der Waals surface area contributed by atoms with Gasteiger partial charge in [0.2, 0.25) is 0 Å². The first-order chi connectivity index (χ1) is 15.7. The van der Waals surface area contributed by atoms with Crippen molar-refractivity contribution in [1.82, 2.24) is 9.88 Å². The second-order valence-corrected chi connectivity index (χ2v) is 9.11. The predicted molar refractivity (Wildman–Crippen MR) is 130 cm³/mol. The van der Waals surface area contributed by atoms with Gasteiger partial charge in [0, 0.05) is 35.7 Å². The lowest BCUT2D eigenvalue weighted by atomic mass is 9.93. The third-order valence-electron chi connectivity index (χ3n) is 7.07. The maximum absolute atomic E-state index is 10.8. The standard InChI is InChI=1S/C28H28N2O2/c31-25(18-32-28-7-3-6-27-26(28)12-13-29-27)17-30-23-10-11-24(30)16-22(15-23)21-9-8-19-4-1-2-5-20(19)14-21/h1-9,12-15,23-25,29,31H,10-11,16-18H2/t23?,24?,25-/m0/s1. The maximum atomic E-state index is 10.8. The van der Waals surface area contributed by atoms with Crippen molar-refractivity contribution in [2.45, 2.75) is 37.5 Å². The van der Waals surface area contributed by atoms with E-state index in [4.69, 9.17) is 4.74 Å². The van der Waals surface area contributed by atoms with Crippen molar-refractivity contribution in [2.24, 2.45) is 0 Å². The normalized spacial score (nSPS) is 21.7. The highest BCUT2D eigenvalue weighted by Gasteiger charge is 2.37. The van der Waals surface area contributed by atoms with Crippen LogP contribution in [-0.4, -0.2) is 46.3 Å². The van der Waals surface area contributed by atoms with Gasteiger partial charge in [-0.25, -0.2) is 0 Å². The van der Waals surface area contributed by atoms with Crippen LogP contribution < -0.4 is 4.74 Å². The van der Waals surface area contributed by atoms with Gasteiger partial charge in [-0.15, -0.1) is 0 Å². The number of fused-ring (bicyclic) bond motifs is 4. The van der Waals surface area contributed by atoms with Crippen molar-refractivity contribution >= 4 is 27.2 Å². The van der Waals surface area contributed by atoms with E-state index in [0.29, 0.717) is 25.2 Å². The summed E-state index contributed by atoms with van der Waals surface area (Å²) in [5.41, 5.74) is 3.84. The van der Waals surface area contributed by atoms with Gasteiger partial charge in [0.25, 0.3) is 0 Å². The van der Waals surface area contributed by atoms with Crippen LogP contribution in [0.25, 0.3) is 27.2 Å². The average molecular weight is 425 g/mol. The molecule has 2 unspecified atom stereocenters. The summed E-state index contributed by atoms with van der Waals surface area (Å²) in [6, 6.07) is 24.2. The van der Waals surface area contributed by atoms with E-state index in [0.717, 1.165) is 29.5 Å². The Hall–Kier alpha value is -3.08. The van der Waals surface area contributed by atoms with Gasteiger partial charge in [0.15, 0.2) is 0 Å². The summed E-state index contributed by atoms with van der Waals surface area (Å²) >= 11 is 0. The van der Waals surface area contributed by atoms with Crippen molar-refractivity contribution < 1.29 is 9.84 Å². The van der Waals surface area contributed by atoms with Crippen molar-refractivity contribution in [2.75, 3.05) is 13.2 Å². The molecule has 2 aliphatic rings. The number of hydrogen-bond acceptors (Lipinski definition) is 3. The molecule has 3 atom stereocenters. The van der Waals surface area contributed by atoms with Crippen LogP contribution >= 0.6 is 0 Å². The lowest BCUT2D eigenvalue weighted by Gasteiger charge is -2.35. The minimum absolute atomic E-state index is 0.307. The molecule has 162 valence electrons. The first-order valence-corrected chi connectivity index (χ1v) is 11.6. The minimum Gasteiger partial charge on any atom is -0.490 e. The fourth-order valence-corrected chi connectivity index (χ4v) is 5.47. The second-order valence-electron chi connectivity index (χ2n) is 9.11. The van der Waals surface area contributed by atoms with Crippen molar-refractivity contribution in [1.29, 1.82) is 0 Å². The van der Waals surface area contributed by atoms with Crippen LogP contribution in [0.1, 0.15) is 24.8 Å². The number of benzene rings is 3. The molecule has 32 heavy (non-hydrogen) atoms. The van der Waals surface area contributed by atoms with Gasteiger partial charge in [-0.2, -0.15) is 0 Å². The Kier molecular flexibility index (Phi) is 4.97. The summed E-state index contributed by atoms with van der Waals surface area (Å²) in [6.07, 6.45) is 7.24. The number of nitrogens with one attached hydrogen (secondary N) is 1. The van der Waals surface area contributed by atoms with E-state index < -0.39 is 6.10 Å². The fourth-order valence-electron chi connectivity index (χ4n) is 5.47. The monoisotopic (exact) mass is 424 g/mol. The second kappa shape index (κ2) is 8.12. The van der Waals surface area contributed by atoms with Gasteiger partial charge in [-0.3, -0.25) is 4.90 Å². The van der Waals surface area contributed by atoms with Crippen LogP contribution in [0.15, 0.2) is 79.0 Å². The highest BCUT2D eigenvalue weighted by Crippen LogP contribution is 2.39. The molecule has 0 amide bonds. The zero-order valence-electron chi connectivity index (χ0n) is 18.1. The summed E-state index contributed by atoms with van der Waals surface area (Å²) in [7, 11) is 0. The molecule has 2 aliphatic heterocycles. The summed E-state index contributed by atoms with van der Waals surface area (Å²) < 4.78 is 5.99. The van der Waals surface area contributed by atoms with E-state index in [1.165, 1.54) is 28.3 Å². The molecule has 1 fully saturated rings. The molecule has 3 heterocycles. The Balaban J connectivity index is 1.14. The van der Waals surface area contributed by atoms with E-state index in [9.17, 15) is 5.11 Å². The SMILES string of the molecule is O[C@H](COc1cccc2[nH]ccc12)CN1C2C=C(c3ccc4ccccc4c3)CC1CC2. The number of ether oxygens (including phenoxy) is 1. The first-order valence-electron chi connectivity index (χ1n) is 11.6. The van der Waals surface area contributed by atoms with Crippen molar-refractivity contribution in [3.63, 3.8) is 0 Å². The van der Waals surface area contributed by atoms with Crippen LogP contribution in [0.5, 0.6) is 5.75 Å². The van der Waals surface area contributed by atoms with Crippen LogP contribution in [-0.2, 0) is 0 Å². The number of hydrogen-bond donors (Lipinski definition) is 2. The highest BCUT2D eigenvalue weighted by atomic mass is 16.5. The highest BCUT2D eigenvalue weighted by molar-refractivity contribution is 5.87. The summed E-state index contributed by atoms with van der Waals surface area (Å²) in [5.74, 6) is 0.822. The number of aliphatic hydroxyl groups is 1. The largest absolute Gasteiger partial charge is 0.490 e. The van der Waals surface area contributed by atoms with Gasteiger partial charge in [0.05, 0.1) is 0 Å². The van der Waals surface area contributed by atoms with E-state index in [1.54, 1.807) is 0 Å². The van der Waals surface area contributed by atoms with Crippen molar-refractivity contribution in [3.05, 3.63) is 84.6 Å². The number of aliphatic hydroxyl groups excluding tert-OH is 1. The fraction of sp³-hybridized carbons (Fsp3) is 0.286. The first kappa shape index (κ1) is 19.6. The summed E-state index contributed by atoms with van der Waals surface area (Å²) in [6.45, 7) is 0.960. The lowest BCUT2D eigenvalue weighted by molar-refractivity contribution is 0.0551. The Labute approximate surface area is 188 Å². The van der Waals surface area contributed by atoms with E-state index in [-0.39, 0.29) is 0 Å². The van der Waals surface area contributed by atoms with E-state index in [1.807, 2.05) is 30.5 Å². The molecule has 0 aliphatic carbocycles. The van der Waals surface area contributed by atoms with E-state index >= 15 is 0 Å². The number of aromatic nitrogens is 1. The number of H-pyrrole nitrogens is 1. The molecule has 0 spiro atoms. The Morgan fingerprint density at radius 3 is 2.81 bits per heavy atom. The third kappa shape index (κ3) is 3.60. The van der Waals surface area contributed by atoms with Gasteiger partial charge >= 0.3 is 0 Å². The van der Waals surface area contributed by atoms with Gasteiger partial charge in [-0.05, 0) is 65.4 Å². The number of nitrogens with zero attached hydrogens (tertiary/aromatic N) is 1. The van der Waals surface area contributed by atoms with E-state index in [2.05, 4.69) is 58.4 Å². The Morgan fingerprint density at radius 2 is 1.91 bits per heavy atom. The third-order valence-corrected chi connectivity index (χ3v) is 7.07. The molecule has 0 radical (unpaired) electrons. The predicted octanol–water partition coefficient (Wildman–Crippen LogP) is 5.38. The van der Waals surface area contributed by atoms with Crippen LogP contribution in [0.4, 0.5) is 0 Å². The lowest BCUT2D eigenvalue weighted by Crippen LogP contribution is -2.44. The summed E-state index contributed by atoms with van der Waals surface area (Å²) in [5, 5.41) is 14.4. The molecular weight excluding hydrogens is 396 g/mol. The van der Waals surface area contributed by atoms with Crippen LogP contribution in [0.3, 0.4) is 0 Å². The zero-order chi connectivity index (χ0) is 21.5. The smallest absolute Gasteiger partial charge is 0.128 e. The molecule has 3 aromatic carbocycles. The zero-order valence-corrected chi connectivity index (χ0v) is 18.1. The van der Waals surface area contributed by atoms with Crippen molar-refractivity contribution in [3.8, 4) is 5.75 Å². The molecule has 2 N–H and O–H groups in total. The molecular formula is C28H28N2O2. The molecule has 1 aromatic heterocycles.